The van der Waals surface area contributed by atoms with Crippen LogP contribution >= 0.6 is 0 Å². The zero-order chi connectivity index (χ0) is 17.4. The van der Waals surface area contributed by atoms with Crippen LogP contribution in [0.3, 0.4) is 0 Å². The first-order chi connectivity index (χ1) is 11.7. The van der Waals surface area contributed by atoms with Gasteiger partial charge in [0.1, 0.15) is 11.5 Å². The van der Waals surface area contributed by atoms with Crippen LogP contribution in [0.25, 0.3) is 0 Å². The van der Waals surface area contributed by atoms with Crippen molar-refractivity contribution in [3.8, 4) is 11.5 Å². The predicted molar refractivity (Wildman–Crippen MR) is 94.3 cm³/mol. The number of nitrogens with zero attached hydrogens (tertiary/aromatic N) is 1. The maximum Gasteiger partial charge on any atom is 0.221 e. The van der Waals surface area contributed by atoms with Crippen molar-refractivity contribution >= 4 is 5.91 Å². The van der Waals surface area contributed by atoms with Crippen LogP contribution in [0.4, 0.5) is 0 Å². The zero-order valence-corrected chi connectivity index (χ0v) is 14.7. The minimum absolute atomic E-state index is 0.0334. The molecule has 24 heavy (non-hydrogen) atoms. The smallest absolute Gasteiger partial charge is 0.221 e. The van der Waals surface area contributed by atoms with E-state index in [1.807, 2.05) is 18.2 Å². The van der Waals surface area contributed by atoms with Crippen LogP contribution in [0.2, 0.25) is 0 Å². The summed E-state index contributed by atoms with van der Waals surface area (Å²) in [5.41, 5.74) is 6.59. The Morgan fingerprint density at radius 1 is 1.25 bits per heavy atom. The Balaban J connectivity index is 2.01. The Bertz CT molecular complexity index is 514. The summed E-state index contributed by atoms with van der Waals surface area (Å²) in [5.74, 6) is 1.63. The highest BCUT2D eigenvalue weighted by molar-refractivity contribution is 5.76. The third kappa shape index (κ3) is 5.39. The molecule has 0 aliphatic carbocycles. The lowest BCUT2D eigenvalue weighted by molar-refractivity contribution is -0.121. The van der Waals surface area contributed by atoms with Crippen LogP contribution in [-0.2, 0) is 11.3 Å². The predicted octanol–water partition coefficient (Wildman–Crippen LogP) is 1.52. The Hall–Kier alpha value is -1.79. The number of nitrogens with two attached hydrogens (primary N) is 1. The molecule has 1 saturated heterocycles. The highest BCUT2D eigenvalue weighted by Crippen LogP contribution is 2.25. The van der Waals surface area contributed by atoms with Gasteiger partial charge in [-0.05, 0) is 37.1 Å². The SMILES string of the molecule is COc1cc(CN2CCCCC2CNC(=O)CCN)cc(OC)c1. The number of benzene rings is 1. The van der Waals surface area contributed by atoms with E-state index < -0.39 is 0 Å². The first kappa shape index (κ1) is 18.5. The van der Waals surface area contributed by atoms with Gasteiger partial charge in [-0.25, -0.2) is 0 Å². The molecule has 1 heterocycles. The van der Waals surface area contributed by atoms with E-state index in [0.717, 1.165) is 36.6 Å². The summed E-state index contributed by atoms with van der Waals surface area (Å²) in [4.78, 5) is 14.1. The maximum atomic E-state index is 11.7. The zero-order valence-electron chi connectivity index (χ0n) is 14.7. The van der Waals surface area contributed by atoms with Gasteiger partial charge in [0.25, 0.3) is 0 Å². The molecule has 6 heteroatoms. The van der Waals surface area contributed by atoms with E-state index in [2.05, 4.69) is 10.2 Å². The van der Waals surface area contributed by atoms with Gasteiger partial charge >= 0.3 is 0 Å². The van der Waals surface area contributed by atoms with Gasteiger partial charge in [0.05, 0.1) is 14.2 Å². The second kappa shape index (κ2) is 9.49. The number of likely N-dealkylation sites (tertiary alicyclic amines) is 1. The van der Waals surface area contributed by atoms with Crippen LogP contribution in [0, 0.1) is 0 Å². The molecule has 0 saturated carbocycles. The topological polar surface area (TPSA) is 76.8 Å². The second-order valence-electron chi connectivity index (χ2n) is 6.18. The minimum Gasteiger partial charge on any atom is -0.497 e. The number of hydrogen-bond donors (Lipinski definition) is 2. The van der Waals surface area contributed by atoms with E-state index in [0.29, 0.717) is 25.6 Å². The van der Waals surface area contributed by atoms with Gasteiger partial charge in [0.2, 0.25) is 5.91 Å². The van der Waals surface area contributed by atoms with Crippen LogP contribution in [-0.4, -0.2) is 50.7 Å². The Morgan fingerprint density at radius 3 is 2.58 bits per heavy atom. The molecule has 1 aromatic carbocycles. The summed E-state index contributed by atoms with van der Waals surface area (Å²) in [6, 6.07) is 6.32. The monoisotopic (exact) mass is 335 g/mol. The van der Waals surface area contributed by atoms with Crippen LogP contribution in [0.15, 0.2) is 18.2 Å². The molecular weight excluding hydrogens is 306 g/mol. The van der Waals surface area contributed by atoms with Gasteiger partial charge in [-0.15, -0.1) is 0 Å². The summed E-state index contributed by atoms with van der Waals surface area (Å²) in [6.07, 6.45) is 3.88. The molecule has 1 unspecified atom stereocenters. The molecule has 134 valence electrons. The summed E-state index contributed by atoms with van der Waals surface area (Å²) < 4.78 is 10.7. The summed E-state index contributed by atoms with van der Waals surface area (Å²) in [5, 5.41) is 3.00. The molecule has 1 aliphatic heterocycles. The molecule has 1 amide bonds. The molecule has 0 radical (unpaired) electrons. The number of methoxy groups -OCH3 is 2. The third-order valence-corrected chi connectivity index (χ3v) is 4.45. The first-order valence-electron chi connectivity index (χ1n) is 8.59. The number of piperidine rings is 1. The van der Waals surface area contributed by atoms with Crippen molar-refractivity contribution in [1.82, 2.24) is 10.2 Å². The number of carbonyl (C=O) groups is 1. The molecule has 6 nitrogen and oxygen atoms in total. The van der Waals surface area contributed by atoms with Gasteiger partial charge < -0.3 is 20.5 Å². The summed E-state index contributed by atoms with van der Waals surface area (Å²) in [7, 11) is 3.32. The second-order valence-corrected chi connectivity index (χ2v) is 6.18. The quantitative estimate of drug-likeness (QED) is 0.753. The number of nitrogens with one attached hydrogen (secondary N) is 1. The maximum absolute atomic E-state index is 11.7. The van der Waals surface area contributed by atoms with Crippen molar-refractivity contribution in [2.45, 2.75) is 38.3 Å². The normalized spacial score (nSPS) is 18.2. The highest BCUT2D eigenvalue weighted by atomic mass is 16.5. The number of rotatable bonds is 8. The molecule has 2 rings (SSSR count). The van der Waals surface area contributed by atoms with Crippen molar-refractivity contribution in [2.24, 2.45) is 5.73 Å². The number of ether oxygens (including phenoxy) is 2. The van der Waals surface area contributed by atoms with Crippen LogP contribution in [0.5, 0.6) is 11.5 Å². The molecule has 0 spiro atoms. The van der Waals surface area contributed by atoms with E-state index in [1.54, 1.807) is 14.2 Å². The van der Waals surface area contributed by atoms with Crippen molar-refractivity contribution in [2.75, 3.05) is 33.9 Å². The Kier molecular flexibility index (Phi) is 7.34. The minimum atomic E-state index is 0.0334. The first-order valence-corrected chi connectivity index (χ1v) is 8.59. The molecule has 1 atom stereocenters. The van der Waals surface area contributed by atoms with Crippen LogP contribution < -0.4 is 20.5 Å². The van der Waals surface area contributed by atoms with E-state index in [-0.39, 0.29) is 5.91 Å². The van der Waals surface area contributed by atoms with Gasteiger partial charge in [-0.3, -0.25) is 9.69 Å². The summed E-state index contributed by atoms with van der Waals surface area (Å²) >= 11 is 0. The van der Waals surface area contributed by atoms with Crippen molar-refractivity contribution in [3.05, 3.63) is 23.8 Å². The highest BCUT2D eigenvalue weighted by Gasteiger charge is 2.23. The molecule has 0 aromatic heterocycles. The van der Waals surface area contributed by atoms with Crippen LogP contribution in [0.1, 0.15) is 31.2 Å². The van der Waals surface area contributed by atoms with E-state index in [1.165, 1.54) is 12.8 Å². The van der Waals surface area contributed by atoms with Crippen molar-refractivity contribution in [3.63, 3.8) is 0 Å². The Labute approximate surface area is 144 Å². The van der Waals surface area contributed by atoms with Crippen molar-refractivity contribution in [1.29, 1.82) is 0 Å². The summed E-state index contributed by atoms with van der Waals surface area (Å²) in [6.45, 7) is 2.94. The average Bonchev–Trinajstić information content (AvgIpc) is 2.61. The molecule has 1 aliphatic rings. The van der Waals surface area contributed by atoms with Crippen molar-refractivity contribution < 1.29 is 14.3 Å². The fourth-order valence-electron chi connectivity index (χ4n) is 3.14. The molecule has 0 bridgehead atoms. The molecular formula is C18H29N3O3. The van der Waals surface area contributed by atoms with E-state index in [4.69, 9.17) is 15.2 Å². The number of carbonyl (C=O) groups excluding carboxylic acids is 1. The largest absolute Gasteiger partial charge is 0.497 e. The van der Waals surface area contributed by atoms with E-state index in [9.17, 15) is 4.79 Å². The molecule has 1 aromatic rings. The standard InChI is InChI=1S/C18H29N3O3/c1-23-16-9-14(10-17(11-16)24-2)13-21-8-4-3-5-15(21)12-20-18(22)6-7-19/h9-11,15H,3-8,12-13,19H2,1-2H3,(H,20,22). The lowest BCUT2D eigenvalue weighted by Crippen LogP contribution is -2.46. The van der Waals surface area contributed by atoms with E-state index >= 15 is 0 Å². The molecule has 1 fully saturated rings. The number of hydrogen-bond acceptors (Lipinski definition) is 5. The van der Waals surface area contributed by atoms with Gasteiger partial charge in [-0.1, -0.05) is 6.42 Å². The average molecular weight is 335 g/mol. The van der Waals surface area contributed by atoms with Gasteiger partial charge in [-0.2, -0.15) is 0 Å². The molecule has 3 N–H and O–H groups in total. The Morgan fingerprint density at radius 2 is 1.96 bits per heavy atom. The van der Waals surface area contributed by atoms with Gasteiger partial charge in [0.15, 0.2) is 0 Å². The third-order valence-electron chi connectivity index (χ3n) is 4.45. The van der Waals surface area contributed by atoms with Gasteiger partial charge in [0, 0.05) is 38.2 Å². The fourth-order valence-corrected chi connectivity index (χ4v) is 3.14. The fraction of sp³-hybridized carbons (Fsp3) is 0.611. The lowest BCUT2D eigenvalue weighted by Gasteiger charge is -2.36. The lowest BCUT2D eigenvalue weighted by atomic mass is 10.0. The number of amides is 1.